The van der Waals surface area contributed by atoms with E-state index in [0.717, 1.165) is 19.4 Å². The summed E-state index contributed by atoms with van der Waals surface area (Å²) in [6.45, 7) is 3.06. The summed E-state index contributed by atoms with van der Waals surface area (Å²) in [5.41, 5.74) is 4.87. The molecule has 1 N–H and O–H groups in total. The highest BCUT2D eigenvalue weighted by molar-refractivity contribution is 6.51. The number of aromatic nitrogens is 5. The molecule has 0 aliphatic rings. The summed E-state index contributed by atoms with van der Waals surface area (Å²) in [5.74, 6) is 0.621. The fourth-order valence-corrected chi connectivity index (χ4v) is 2.91. The SMILES string of the molecule is CBc1cccc(Cn2ccc3cc(-c4nn[nH]n4)ccc32)c1. The molecule has 0 aliphatic carbocycles. The molecule has 23 heavy (non-hydrogen) atoms. The molecule has 4 aromatic rings. The Morgan fingerprint density at radius 1 is 1.13 bits per heavy atom. The molecular formula is C17H16BN5. The minimum atomic E-state index is 0.621. The van der Waals surface area contributed by atoms with Crippen molar-refractivity contribution in [3.05, 3.63) is 60.3 Å². The van der Waals surface area contributed by atoms with Crippen LogP contribution in [0.1, 0.15) is 5.56 Å². The molecule has 0 bridgehead atoms. The monoisotopic (exact) mass is 301 g/mol. The first-order valence-corrected chi connectivity index (χ1v) is 7.74. The molecule has 5 nitrogen and oxygen atoms in total. The number of nitrogens with zero attached hydrogens (tertiary/aromatic N) is 4. The molecule has 0 spiro atoms. The minimum absolute atomic E-state index is 0.621. The smallest absolute Gasteiger partial charge is 0.204 e. The summed E-state index contributed by atoms with van der Waals surface area (Å²) < 4.78 is 2.27. The van der Waals surface area contributed by atoms with Gasteiger partial charge < -0.3 is 4.57 Å². The molecule has 0 fully saturated rings. The lowest BCUT2D eigenvalue weighted by Crippen LogP contribution is -2.11. The zero-order valence-corrected chi connectivity index (χ0v) is 12.9. The summed E-state index contributed by atoms with van der Waals surface area (Å²) in [6, 6.07) is 17.1. The fraction of sp³-hybridized carbons (Fsp3) is 0.118. The molecule has 2 heterocycles. The third-order valence-corrected chi connectivity index (χ3v) is 4.13. The number of hydrogen-bond donors (Lipinski definition) is 1. The van der Waals surface area contributed by atoms with Gasteiger partial charge >= 0.3 is 0 Å². The van der Waals surface area contributed by atoms with Gasteiger partial charge in [-0.05, 0) is 35.0 Å². The van der Waals surface area contributed by atoms with Crippen LogP contribution < -0.4 is 5.46 Å². The Labute approximate surface area is 134 Å². The standard InChI is InChI=1S/C17H16BN5/c1-18-15-4-2-3-12(9-15)11-23-8-7-13-10-14(5-6-16(13)23)17-19-21-22-20-17/h2-10,18H,11H2,1H3,(H,19,20,21,22). The van der Waals surface area contributed by atoms with Crippen molar-refractivity contribution in [2.45, 2.75) is 13.4 Å². The molecule has 4 rings (SSSR count). The van der Waals surface area contributed by atoms with E-state index in [2.05, 4.69) is 80.7 Å². The molecule has 0 amide bonds. The van der Waals surface area contributed by atoms with Crippen molar-refractivity contribution in [3.8, 4) is 11.4 Å². The molecule has 6 heteroatoms. The van der Waals surface area contributed by atoms with Gasteiger partial charge in [-0.25, -0.2) is 0 Å². The topological polar surface area (TPSA) is 59.4 Å². The van der Waals surface area contributed by atoms with Gasteiger partial charge in [-0.1, -0.05) is 36.6 Å². The predicted octanol–water partition coefficient (Wildman–Crippen LogP) is 1.98. The summed E-state index contributed by atoms with van der Waals surface area (Å²) in [6.07, 6.45) is 2.13. The van der Waals surface area contributed by atoms with E-state index in [-0.39, 0.29) is 0 Å². The highest BCUT2D eigenvalue weighted by Crippen LogP contribution is 2.23. The van der Waals surface area contributed by atoms with Crippen molar-refractivity contribution >= 4 is 23.6 Å². The summed E-state index contributed by atoms with van der Waals surface area (Å²) >= 11 is 0. The van der Waals surface area contributed by atoms with Crippen LogP contribution in [0.4, 0.5) is 0 Å². The van der Waals surface area contributed by atoms with E-state index in [1.54, 1.807) is 0 Å². The van der Waals surface area contributed by atoms with Crippen molar-refractivity contribution < 1.29 is 0 Å². The van der Waals surface area contributed by atoms with Crippen LogP contribution in [-0.2, 0) is 6.54 Å². The van der Waals surface area contributed by atoms with Crippen LogP contribution in [0, 0.1) is 0 Å². The number of H-pyrrole nitrogens is 1. The number of tetrazole rings is 1. The summed E-state index contributed by atoms with van der Waals surface area (Å²) in [4.78, 5) is 0. The Kier molecular flexibility index (Phi) is 3.42. The fourth-order valence-electron chi connectivity index (χ4n) is 2.91. The first-order valence-electron chi connectivity index (χ1n) is 7.74. The number of rotatable bonds is 4. The maximum atomic E-state index is 4.03. The van der Waals surface area contributed by atoms with Gasteiger partial charge in [-0.3, -0.25) is 0 Å². The number of fused-ring (bicyclic) bond motifs is 1. The third-order valence-electron chi connectivity index (χ3n) is 4.13. The van der Waals surface area contributed by atoms with Crippen LogP contribution in [0.5, 0.6) is 0 Å². The number of nitrogens with one attached hydrogen (secondary N) is 1. The van der Waals surface area contributed by atoms with E-state index in [0.29, 0.717) is 5.82 Å². The highest BCUT2D eigenvalue weighted by Gasteiger charge is 2.07. The van der Waals surface area contributed by atoms with Gasteiger partial charge in [0, 0.05) is 29.2 Å². The highest BCUT2D eigenvalue weighted by atomic mass is 15.5. The molecule has 0 atom stereocenters. The average molecular weight is 301 g/mol. The molecule has 112 valence electrons. The maximum absolute atomic E-state index is 4.03. The van der Waals surface area contributed by atoms with Crippen LogP contribution >= 0.6 is 0 Å². The lowest BCUT2D eigenvalue weighted by Gasteiger charge is -2.07. The molecule has 0 saturated carbocycles. The largest absolute Gasteiger partial charge is 0.343 e. The van der Waals surface area contributed by atoms with Crippen molar-refractivity contribution in [1.82, 2.24) is 25.2 Å². The minimum Gasteiger partial charge on any atom is -0.343 e. The van der Waals surface area contributed by atoms with Gasteiger partial charge in [0.25, 0.3) is 0 Å². The molecule has 0 unspecified atom stereocenters. The Bertz CT molecular complexity index is 943. The predicted molar refractivity (Wildman–Crippen MR) is 93.3 cm³/mol. The van der Waals surface area contributed by atoms with E-state index in [4.69, 9.17) is 0 Å². The second kappa shape index (κ2) is 5.72. The van der Waals surface area contributed by atoms with Gasteiger partial charge in [-0.15, -0.1) is 10.2 Å². The molecule has 0 saturated heterocycles. The molecule has 2 aromatic carbocycles. The first kappa shape index (κ1) is 13.8. The number of aromatic amines is 1. The van der Waals surface area contributed by atoms with Gasteiger partial charge in [0.1, 0.15) is 0 Å². The van der Waals surface area contributed by atoms with E-state index >= 15 is 0 Å². The van der Waals surface area contributed by atoms with Crippen LogP contribution in [0.25, 0.3) is 22.3 Å². The summed E-state index contributed by atoms with van der Waals surface area (Å²) in [7, 11) is 1.06. The van der Waals surface area contributed by atoms with Crippen LogP contribution in [0.15, 0.2) is 54.7 Å². The van der Waals surface area contributed by atoms with Crippen LogP contribution in [0.3, 0.4) is 0 Å². The lowest BCUT2D eigenvalue weighted by atomic mass is 9.73. The van der Waals surface area contributed by atoms with E-state index in [1.165, 1.54) is 21.9 Å². The Morgan fingerprint density at radius 2 is 2.09 bits per heavy atom. The average Bonchev–Trinajstić information content (AvgIpc) is 3.25. The second-order valence-corrected chi connectivity index (χ2v) is 5.63. The Morgan fingerprint density at radius 3 is 2.91 bits per heavy atom. The Hall–Kier alpha value is -2.89. The normalized spacial score (nSPS) is 11.0. The maximum Gasteiger partial charge on any atom is 0.204 e. The van der Waals surface area contributed by atoms with E-state index in [9.17, 15) is 0 Å². The quantitative estimate of drug-likeness (QED) is 0.586. The van der Waals surface area contributed by atoms with E-state index in [1.807, 2.05) is 6.07 Å². The first-order chi connectivity index (χ1) is 11.3. The Balaban J connectivity index is 1.68. The van der Waals surface area contributed by atoms with Gasteiger partial charge in [-0.2, -0.15) is 5.21 Å². The summed E-state index contributed by atoms with van der Waals surface area (Å²) in [5, 5.41) is 15.3. The van der Waals surface area contributed by atoms with Crippen LogP contribution in [-0.4, -0.2) is 32.5 Å². The number of benzene rings is 2. The van der Waals surface area contributed by atoms with Crippen LogP contribution in [0.2, 0.25) is 6.82 Å². The zero-order valence-electron chi connectivity index (χ0n) is 12.9. The molecule has 0 aliphatic heterocycles. The van der Waals surface area contributed by atoms with E-state index < -0.39 is 0 Å². The molecule has 0 radical (unpaired) electrons. The third kappa shape index (κ3) is 2.63. The van der Waals surface area contributed by atoms with Crippen molar-refractivity contribution in [2.75, 3.05) is 0 Å². The zero-order chi connectivity index (χ0) is 15.6. The number of hydrogen-bond acceptors (Lipinski definition) is 3. The van der Waals surface area contributed by atoms with Gasteiger partial charge in [0.2, 0.25) is 5.82 Å². The van der Waals surface area contributed by atoms with Gasteiger partial charge in [0.05, 0.1) is 0 Å². The van der Waals surface area contributed by atoms with Gasteiger partial charge in [0.15, 0.2) is 7.28 Å². The van der Waals surface area contributed by atoms with Crippen molar-refractivity contribution in [3.63, 3.8) is 0 Å². The van der Waals surface area contributed by atoms with Crippen molar-refractivity contribution in [2.24, 2.45) is 0 Å². The molecule has 2 aromatic heterocycles. The van der Waals surface area contributed by atoms with Crippen molar-refractivity contribution in [1.29, 1.82) is 0 Å². The molecular weight excluding hydrogens is 285 g/mol. The second-order valence-electron chi connectivity index (χ2n) is 5.63. The lowest BCUT2D eigenvalue weighted by molar-refractivity contribution is 0.838.